The van der Waals surface area contributed by atoms with E-state index in [2.05, 4.69) is 37.7 Å². The number of rotatable bonds is 5. The van der Waals surface area contributed by atoms with Crippen LogP contribution in [0.4, 0.5) is 5.69 Å². The molecule has 2 rings (SSSR count). The Balaban J connectivity index is 1.94. The van der Waals surface area contributed by atoms with E-state index in [0.717, 1.165) is 38.2 Å². The predicted octanol–water partition coefficient (Wildman–Crippen LogP) is 1.75. The zero-order chi connectivity index (χ0) is 13.7. The van der Waals surface area contributed by atoms with Crippen LogP contribution in [0.15, 0.2) is 27.1 Å². The van der Waals surface area contributed by atoms with E-state index in [-0.39, 0.29) is 5.56 Å². The predicted molar refractivity (Wildman–Crippen MR) is 80.5 cm³/mol. The second-order valence-electron chi connectivity index (χ2n) is 4.49. The maximum atomic E-state index is 11.9. The summed E-state index contributed by atoms with van der Waals surface area (Å²) in [5.41, 5.74) is 2.15. The van der Waals surface area contributed by atoms with Crippen molar-refractivity contribution in [1.82, 2.24) is 15.1 Å². The second kappa shape index (κ2) is 6.86. The van der Waals surface area contributed by atoms with Gasteiger partial charge >= 0.3 is 0 Å². The number of aryl methyl sites for hydroxylation is 1. The lowest BCUT2D eigenvalue weighted by Crippen LogP contribution is -2.24. The zero-order valence-electron chi connectivity index (χ0n) is 11.1. The highest BCUT2D eigenvalue weighted by Crippen LogP contribution is 2.17. The molecule has 0 spiro atoms. The molecule has 2 heterocycles. The average molecular weight is 327 g/mol. The average Bonchev–Trinajstić information content (AvgIpc) is 2.45. The molecule has 5 nitrogen and oxygen atoms in total. The van der Waals surface area contributed by atoms with Gasteiger partial charge in [0, 0.05) is 19.6 Å². The SMILES string of the molecule is CCn1ncc(NCCC2=CCNCC2)c(Br)c1=O. The molecule has 1 aromatic rings. The van der Waals surface area contributed by atoms with E-state index in [1.165, 1.54) is 10.3 Å². The summed E-state index contributed by atoms with van der Waals surface area (Å²) in [6.45, 7) is 5.33. The van der Waals surface area contributed by atoms with Crippen LogP contribution in [-0.4, -0.2) is 29.4 Å². The maximum Gasteiger partial charge on any atom is 0.283 e. The third kappa shape index (κ3) is 3.67. The first-order chi connectivity index (χ1) is 9.22. The van der Waals surface area contributed by atoms with Crippen molar-refractivity contribution in [3.63, 3.8) is 0 Å². The summed E-state index contributed by atoms with van der Waals surface area (Å²) >= 11 is 3.34. The Morgan fingerprint density at radius 1 is 1.58 bits per heavy atom. The molecule has 1 aliphatic heterocycles. The summed E-state index contributed by atoms with van der Waals surface area (Å²) in [6, 6.07) is 0. The molecule has 0 bridgehead atoms. The minimum absolute atomic E-state index is 0.0893. The fourth-order valence-electron chi connectivity index (χ4n) is 2.07. The summed E-state index contributed by atoms with van der Waals surface area (Å²) < 4.78 is 1.99. The summed E-state index contributed by atoms with van der Waals surface area (Å²) in [7, 11) is 0. The van der Waals surface area contributed by atoms with Crippen molar-refractivity contribution in [3.8, 4) is 0 Å². The van der Waals surface area contributed by atoms with Gasteiger partial charge in [-0.15, -0.1) is 0 Å². The summed E-state index contributed by atoms with van der Waals surface area (Å²) in [4.78, 5) is 11.9. The molecule has 19 heavy (non-hydrogen) atoms. The Kier molecular flexibility index (Phi) is 5.15. The molecule has 0 aliphatic carbocycles. The molecule has 1 aliphatic rings. The van der Waals surface area contributed by atoms with Gasteiger partial charge in [0.05, 0.1) is 11.9 Å². The van der Waals surface area contributed by atoms with Crippen LogP contribution < -0.4 is 16.2 Å². The third-order valence-corrected chi connectivity index (χ3v) is 3.97. The van der Waals surface area contributed by atoms with Gasteiger partial charge in [-0.1, -0.05) is 11.6 Å². The van der Waals surface area contributed by atoms with Gasteiger partial charge in [0.15, 0.2) is 0 Å². The minimum atomic E-state index is -0.0893. The highest BCUT2D eigenvalue weighted by Gasteiger charge is 2.08. The number of aromatic nitrogens is 2. The van der Waals surface area contributed by atoms with Crippen molar-refractivity contribution in [2.75, 3.05) is 25.0 Å². The number of hydrogen-bond donors (Lipinski definition) is 2. The molecule has 1 aromatic heterocycles. The Hall–Kier alpha value is -1.14. The molecular formula is C13H19BrN4O. The van der Waals surface area contributed by atoms with Gasteiger partial charge in [-0.05, 0) is 42.2 Å². The Morgan fingerprint density at radius 2 is 2.42 bits per heavy atom. The van der Waals surface area contributed by atoms with Gasteiger partial charge in [-0.25, -0.2) is 4.68 Å². The minimum Gasteiger partial charge on any atom is -0.382 e. The first kappa shape index (κ1) is 14.3. The molecule has 0 aromatic carbocycles. The lowest BCUT2D eigenvalue weighted by Gasteiger charge is -2.15. The summed E-state index contributed by atoms with van der Waals surface area (Å²) in [5, 5.41) is 10.7. The van der Waals surface area contributed by atoms with Crippen LogP contribution in [0.1, 0.15) is 19.8 Å². The smallest absolute Gasteiger partial charge is 0.283 e. The molecule has 0 fully saturated rings. The molecule has 0 unspecified atom stereocenters. The Labute approximate surface area is 121 Å². The monoisotopic (exact) mass is 326 g/mol. The molecule has 104 valence electrons. The number of nitrogens with zero attached hydrogens (tertiary/aromatic N) is 2. The number of nitrogens with one attached hydrogen (secondary N) is 2. The van der Waals surface area contributed by atoms with E-state index >= 15 is 0 Å². The lowest BCUT2D eigenvalue weighted by atomic mass is 10.1. The van der Waals surface area contributed by atoms with Crippen LogP contribution >= 0.6 is 15.9 Å². The fourth-order valence-corrected chi connectivity index (χ4v) is 2.52. The summed E-state index contributed by atoms with van der Waals surface area (Å²) in [5.74, 6) is 0. The van der Waals surface area contributed by atoms with Crippen LogP contribution in [0, 0.1) is 0 Å². The molecule has 0 saturated heterocycles. The molecule has 0 radical (unpaired) electrons. The fraction of sp³-hybridized carbons (Fsp3) is 0.538. The topological polar surface area (TPSA) is 59.0 Å². The molecule has 0 atom stereocenters. The van der Waals surface area contributed by atoms with E-state index in [1.807, 2.05) is 6.92 Å². The van der Waals surface area contributed by atoms with Crippen LogP contribution in [0.3, 0.4) is 0 Å². The highest BCUT2D eigenvalue weighted by molar-refractivity contribution is 9.10. The molecule has 0 saturated carbocycles. The normalized spacial score (nSPS) is 15.2. The van der Waals surface area contributed by atoms with E-state index in [9.17, 15) is 4.79 Å². The maximum absolute atomic E-state index is 11.9. The van der Waals surface area contributed by atoms with Gasteiger partial charge in [-0.3, -0.25) is 4.79 Å². The molecule has 0 amide bonds. The first-order valence-electron chi connectivity index (χ1n) is 6.60. The van der Waals surface area contributed by atoms with E-state index < -0.39 is 0 Å². The van der Waals surface area contributed by atoms with Gasteiger partial charge in [-0.2, -0.15) is 5.10 Å². The van der Waals surface area contributed by atoms with Gasteiger partial charge in [0.1, 0.15) is 4.47 Å². The third-order valence-electron chi connectivity index (χ3n) is 3.20. The van der Waals surface area contributed by atoms with E-state index in [1.54, 1.807) is 6.20 Å². The van der Waals surface area contributed by atoms with Crippen LogP contribution in [0.2, 0.25) is 0 Å². The zero-order valence-corrected chi connectivity index (χ0v) is 12.7. The van der Waals surface area contributed by atoms with Crippen LogP contribution in [0.5, 0.6) is 0 Å². The van der Waals surface area contributed by atoms with Crippen molar-refractivity contribution in [1.29, 1.82) is 0 Å². The van der Waals surface area contributed by atoms with Gasteiger partial charge < -0.3 is 10.6 Å². The highest BCUT2D eigenvalue weighted by atomic mass is 79.9. The van der Waals surface area contributed by atoms with Crippen molar-refractivity contribution < 1.29 is 0 Å². The van der Waals surface area contributed by atoms with Gasteiger partial charge in [0.2, 0.25) is 0 Å². The largest absolute Gasteiger partial charge is 0.382 e. The van der Waals surface area contributed by atoms with Crippen LogP contribution in [0.25, 0.3) is 0 Å². The second-order valence-corrected chi connectivity index (χ2v) is 5.28. The molecule has 6 heteroatoms. The number of anilines is 1. The standard InChI is InChI=1S/C13H19BrN4O/c1-2-18-13(19)12(14)11(9-17-18)16-8-5-10-3-6-15-7-4-10/h3,9,15-16H,2,4-8H2,1H3. The Morgan fingerprint density at radius 3 is 3.11 bits per heavy atom. The quantitative estimate of drug-likeness (QED) is 0.809. The number of hydrogen-bond acceptors (Lipinski definition) is 4. The van der Waals surface area contributed by atoms with Crippen molar-refractivity contribution in [2.45, 2.75) is 26.3 Å². The molecule has 2 N–H and O–H groups in total. The Bertz CT molecular complexity index is 524. The van der Waals surface area contributed by atoms with Crippen molar-refractivity contribution in [3.05, 3.63) is 32.7 Å². The molecular weight excluding hydrogens is 308 g/mol. The van der Waals surface area contributed by atoms with Gasteiger partial charge in [0.25, 0.3) is 5.56 Å². The first-order valence-corrected chi connectivity index (χ1v) is 7.39. The van der Waals surface area contributed by atoms with Crippen molar-refractivity contribution in [2.24, 2.45) is 0 Å². The lowest BCUT2D eigenvalue weighted by molar-refractivity contribution is 0.612. The summed E-state index contributed by atoms with van der Waals surface area (Å²) in [6.07, 6.45) is 6.06. The van der Waals surface area contributed by atoms with E-state index in [0.29, 0.717) is 11.0 Å². The van der Waals surface area contributed by atoms with E-state index in [4.69, 9.17) is 0 Å². The van der Waals surface area contributed by atoms with Crippen molar-refractivity contribution >= 4 is 21.6 Å². The van der Waals surface area contributed by atoms with Crippen LogP contribution in [-0.2, 0) is 6.54 Å². The number of halogens is 1.